The first-order chi connectivity index (χ1) is 13.7. The third-order valence-electron chi connectivity index (χ3n) is 5.62. The number of aromatic amines is 1. The summed E-state index contributed by atoms with van der Waals surface area (Å²) in [7, 11) is 0. The van der Waals surface area contributed by atoms with E-state index in [1.54, 1.807) is 10.9 Å². The van der Waals surface area contributed by atoms with Crippen molar-refractivity contribution in [2.75, 3.05) is 31.1 Å². The van der Waals surface area contributed by atoms with Gasteiger partial charge in [-0.1, -0.05) is 18.2 Å². The number of hydrogen-bond acceptors (Lipinski definition) is 4. The fraction of sp³-hybridized carbons (Fsp3) is 0.273. The molecule has 0 aliphatic carbocycles. The summed E-state index contributed by atoms with van der Waals surface area (Å²) in [6, 6.07) is 13.9. The molecule has 6 heteroatoms. The number of pyridine rings is 1. The zero-order valence-electron chi connectivity index (χ0n) is 15.9. The Hall–Kier alpha value is -3.12. The highest BCUT2D eigenvalue weighted by molar-refractivity contribution is 6.05. The Morgan fingerprint density at radius 2 is 1.86 bits per heavy atom. The number of rotatable bonds is 2. The Balaban J connectivity index is 1.68. The van der Waals surface area contributed by atoms with Crippen LogP contribution >= 0.6 is 0 Å². The molecule has 142 valence electrons. The van der Waals surface area contributed by atoms with Gasteiger partial charge in [-0.05, 0) is 49.7 Å². The molecule has 0 unspecified atom stereocenters. The van der Waals surface area contributed by atoms with Crippen molar-refractivity contribution >= 4 is 27.5 Å². The smallest absolute Gasteiger partial charge is 0.280 e. The van der Waals surface area contributed by atoms with Crippen molar-refractivity contribution in [1.29, 1.82) is 0 Å². The average molecular weight is 373 g/mol. The molecule has 2 aromatic carbocycles. The number of nitrogens with one attached hydrogen (secondary N) is 2. The lowest BCUT2D eigenvalue weighted by Crippen LogP contribution is -2.28. The van der Waals surface area contributed by atoms with Crippen molar-refractivity contribution < 1.29 is 0 Å². The van der Waals surface area contributed by atoms with E-state index in [-0.39, 0.29) is 5.56 Å². The van der Waals surface area contributed by atoms with Crippen molar-refractivity contribution in [2.24, 2.45) is 0 Å². The fourth-order valence-corrected chi connectivity index (χ4v) is 4.15. The summed E-state index contributed by atoms with van der Waals surface area (Å²) in [5.41, 5.74) is 4.93. The molecule has 4 aromatic rings. The van der Waals surface area contributed by atoms with Crippen LogP contribution in [-0.2, 0) is 0 Å². The molecule has 1 saturated heterocycles. The molecular formula is C22H23N5O. The van der Waals surface area contributed by atoms with Gasteiger partial charge in [-0.2, -0.15) is 0 Å². The van der Waals surface area contributed by atoms with Crippen LogP contribution in [0, 0.1) is 6.92 Å². The highest BCUT2D eigenvalue weighted by Gasteiger charge is 2.17. The van der Waals surface area contributed by atoms with E-state index in [9.17, 15) is 4.79 Å². The van der Waals surface area contributed by atoms with Crippen LogP contribution in [0.4, 0.5) is 5.69 Å². The number of aromatic nitrogens is 3. The number of hydrogen-bond donors (Lipinski definition) is 2. The molecule has 1 fully saturated rings. The van der Waals surface area contributed by atoms with E-state index in [0.717, 1.165) is 60.3 Å². The maximum Gasteiger partial charge on any atom is 0.280 e. The molecule has 2 aromatic heterocycles. The van der Waals surface area contributed by atoms with Crippen LogP contribution in [-0.4, -0.2) is 40.9 Å². The lowest BCUT2D eigenvalue weighted by atomic mass is 10.1. The SMILES string of the molecule is Cc1c(N2CCCNCC2)ccc2c1ncc1c(=O)n(-c3ccccc3)[nH]c12. The largest absolute Gasteiger partial charge is 0.370 e. The Labute approximate surface area is 162 Å². The van der Waals surface area contributed by atoms with E-state index in [1.807, 2.05) is 30.3 Å². The molecule has 1 aliphatic rings. The van der Waals surface area contributed by atoms with Gasteiger partial charge in [0.25, 0.3) is 5.56 Å². The number of benzene rings is 2. The molecule has 2 N–H and O–H groups in total. The summed E-state index contributed by atoms with van der Waals surface area (Å²) in [4.78, 5) is 20.0. The highest BCUT2D eigenvalue weighted by Crippen LogP contribution is 2.30. The number of anilines is 1. The van der Waals surface area contributed by atoms with Crippen LogP contribution < -0.4 is 15.8 Å². The van der Waals surface area contributed by atoms with E-state index in [1.165, 1.54) is 5.69 Å². The predicted octanol–water partition coefficient (Wildman–Crippen LogP) is 2.98. The monoisotopic (exact) mass is 373 g/mol. The molecule has 5 rings (SSSR count). The van der Waals surface area contributed by atoms with Gasteiger partial charge < -0.3 is 10.2 Å². The van der Waals surface area contributed by atoms with Crippen LogP contribution in [0.15, 0.2) is 53.5 Å². The summed E-state index contributed by atoms with van der Waals surface area (Å²) in [5.74, 6) is 0. The third-order valence-corrected chi connectivity index (χ3v) is 5.62. The Morgan fingerprint density at radius 1 is 1.00 bits per heavy atom. The van der Waals surface area contributed by atoms with Gasteiger partial charge in [0.05, 0.1) is 22.1 Å². The van der Waals surface area contributed by atoms with Crippen LogP contribution in [0.2, 0.25) is 0 Å². The van der Waals surface area contributed by atoms with Crippen LogP contribution in [0.1, 0.15) is 12.0 Å². The Kier molecular flexibility index (Phi) is 4.13. The fourth-order valence-electron chi connectivity index (χ4n) is 4.15. The molecule has 0 radical (unpaired) electrons. The van der Waals surface area contributed by atoms with Crippen molar-refractivity contribution in [3.8, 4) is 5.69 Å². The average Bonchev–Trinajstić information content (AvgIpc) is 2.90. The zero-order valence-corrected chi connectivity index (χ0v) is 15.9. The predicted molar refractivity (Wildman–Crippen MR) is 114 cm³/mol. The van der Waals surface area contributed by atoms with E-state index in [2.05, 4.69) is 39.4 Å². The van der Waals surface area contributed by atoms with Gasteiger partial charge >= 0.3 is 0 Å². The molecule has 6 nitrogen and oxygen atoms in total. The normalized spacial score (nSPS) is 15.2. The van der Waals surface area contributed by atoms with Gasteiger partial charge in [-0.25, -0.2) is 4.68 Å². The van der Waals surface area contributed by atoms with Crippen molar-refractivity contribution in [3.05, 3.63) is 64.6 Å². The third kappa shape index (κ3) is 2.68. The van der Waals surface area contributed by atoms with E-state index in [4.69, 9.17) is 0 Å². The van der Waals surface area contributed by atoms with Crippen LogP contribution in [0.25, 0.3) is 27.5 Å². The number of fused-ring (bicyclic) bond motifs is 3. The molecule has 0 saturated carbocycles. The second-order valence-electron chi connectivity index (χ2n) is 7.33. The van der Waals surface area contributed by atoms with Gasteiger partial charge in [-0.3, -0.25) is 14.9 Å². The van der Waals surface area contributed by atoms with Gasteiger partial charge in [0.15, 0.2) is 0 Å². The summed E-state index contributed by atoms with van der Waals surface area (Å²) in [6.45, 7) is 6.23. The molecule has 0 spiro atoms. The summed E-state index contributed by atoms with van der Waals surface area (Å²) >= 11 is 0. The molecule has 1 aliphatic heterocycles. The van der Waals surface area contributed by atoms with Crippen LogP contribution in [0.5, 0.6) is 0 Å². The van der Waals surface area contributed by atoms with E-state index in [0.29, 0.717) is 5.39 Å². The first-order valence-corrected chi connectivity index (χ1v) is 9.78. The number of nitrogens with zero attached hydrogens (tertiary/aromatic N) is 3. The minimum atomic E-state index is -0.0732. The topological polar surface area (TPSA) is 66.0 Å². The minimum Gasteiger partial charge on any atom is -0.370 e. The van der Waals surface area contributed by atoms with Crippen molar-refractivity contribution in [2.45, 2.75) is 13.3 Å². The van der Waals surface area contributed by atoms with Gasteiger partial charge in [0.2, 0.25) is 0 Å². The second kappa shape index (κ2) is 6.80. The number of H-pyrrole nitrogens is 1. The second-order valence-corrected chi connectivity index (χ2v) is 7.33. The van der Waals surface area contributed by atoms with Gasteiger partial charge in [0, 0.05) is 36.9 Å². The molecule has 3 heterocycles. The lowest BCUT2D eigenvalue weighted by molar-refractivity contribution is 0.724. The highest BCUT2D eigenvalue weighted by atomic mass is 16.1. The maximum atomic E-state index is 12.9. The number of aryl methyl sites for hydroxylation is 1. The maximum absolute atomic E-state index is 12.9. The zero-order chi connectivity index (χ0) is 19.1. The van der Waals surface area contributed by atoms with Gasteiger partial charge in [-0.15, -0.1) is 0 Å². The first kappa shape index (κ1) is 17.0. The summed E-state index contributed by atoms with van der Waals surface area (Å²) < 4.78 is 1.59. The molecule has 0 amide bonds. The Bertz CT molecular complexity index is 1200. The molecule has 0 atom stereocenters. The lowest BCUT2D eigenvalue weighted by Gasteiger charge is -2.24. The Morgan fingerprint density at radius 3 is 2.71 bits per heavy atom. The standard InChI is InChI=1S/C22H23N5O/c1-15-19(26-12-5-10-23-11-13-26)9-8-17-20(15)24-14-18-21(17)25-27(22(18)28)16-6-3-2-4-7-16/h2-4,6-9,14,23,25H,5,10-13H2,1H3. The van der Waals surface area contributed by atoms with E-state index >= 15 is 0 Å². The number of para-hydroxylation sites is 1. The summed E-state index contributed by atoms with van der Waals surface area (Å²) in [5, 5.41) is 8.35. The van der Waals surface area contributed by atoms with Crippen molar-refractivity contribution in [3.63, 3.8) is 0 Å². The van der Waals surface area contributed by atoms with Crippen LogP contribution in [0.3, 0.4) is 0 Å². The molecular weight excluding hydrogens is 350 g/mol. The molecule has 28 heavy (non-hydrogen) atoms. The quantitative estimate of drug-likeness (QED) is 0.567. The first-order valence-electron chi connectivity index (χ1n) is 9.78. The minimum absolute atomic E-state index is 0.0732. The van der Waals surface area contributed by atoms with E-state index < -0.39 is 0 Å². The summed E-state index contributed by atoms with van der Waals surface area (Å²) in [6.07, 6.45) is 2.84. The van der Waals surface area contributed by atoms with Gasteiger partial charge in [0.1, 0.15) is 0 Å². The van der Waals surface area contributed by atoms with Crippen molar-refractivity contribution in [1.82, 2.24) is 20.1 Å². The molecule has 0 bridgehead atoms.